The predicted octanol–water partition coefficient (Wildman–Crippen LogP) is -3.21. The van der Waals surface area contributed by atoms with Crippen LogP contribution in [0.25, 0.3) is 0 Å². The molecule has 0 amide bonds. The van der Waals surface area contributed by atoms with E-state index in [1.54, 1.807) is 0 Å². The molecule has 0 aromatic carbocycles. The van der Waals surface area contributed by atoms with Gasteiger partial charge in [0.2, 0.25) is 0 Å². The molecule has 4 nitrogen and oxygen atoms in total. The summed E-state index contributed by atoms with van der Waals surface area (Å²) >= 11 is 0. The zero-order valence-corrected chi connectivity index (χ0v) is 10.3. The Labute approximate surface area is 84.6 Å². The summed E-state index contributed by atoms with van der Waals surface area (Å²) in [6, 6.07) is 0. The van der Waals surface area contributed by atoms with Gasteiger partial charge in [-0.2, -0.15) is 7.82 Å². The molecule has 0 N–H and O–H groups in total. The van der Waals surface area contributed by atoms with Gasteiger partial charge in [0.15, 0.2) is 0 Å². The molecule has 0 spiro atoms. The minimum atomic E-state index is -5.39. The second-order valence-electron chi connectivity index (χ2n) is 0.447. The minimum Gasteiger partial charge on any atom is -0.822 e. The van der Waals surface area contributed by atoms with Crippen LogP contribution >= 0.6 is 7.82 Å². The van der Waals surface area contributed by atoms with E-state index in [9.17, 15) is 0 Å². The van der Waals surface area contributed by atoms with E-state index in [0.717, 1.165) is 0 Å². The fourth-order valence-electron chi connectivity index (χ4n) is 0. The van der Waals surface area contributed by atoms with E-state index in [1.165, 1.54) is 0 Å². The number of hydrogen-bond acceptors (Lipinski definition) is 4. The van der Waals surface area contributed by atoms with Gasteiger partial charge in [-0.1, -0.05) is 0 Å². The van der Waals surface area contributed by atoms with Crippen LogP contribution in [0.3, 0.4) is 0 Å². The van der Waals surface area contributed by atoms with Crippen molar-refractivity contribution < 1.29 is 52.0 Å². The van der Waals surface area contributed by atoms with Crippen LogP contribution in [0.1, 0.15) is 0 Å². The largest absolute Gasteiger partial charge is 3.00 e. The third kappa shape index (κ3) is 68.9. The average Bonchev–Trinajstić information content (AvgIpc) is 0.722. The van der Waals surface area contributed by atoms with Crippen molar-refractivity contribution >= 4 is 33.7 Å². The van der Waals surface area contributed by atoms with Crippen LogP contribution < -0.4 is 14.7 Å². The molecule has 0 aromatic heterocycles. The average molecular weight is 299 g/mol. The van der Waals surface area contributed by atoms with E-state index in [0.29, 0.717) is 0 Å². The van der Waals surface area contributed by atoms with Crippen molar-refractivity contribution in [2.24, 2.45) is 0 Å². The fourth-order valence-corrected chi connectivity index (χ4v) is 0. The predicted molar refractivity (Wildman–Crippen MR) is 13.4 cm³/mol. The zero-order valence-electron chi connectivity index (χ0n) is 3.23. The normalized spacial score (nSPS) is 8.43. The summed E-state index contributed by atoms with van der Waals surface area (Å²) in [4.78, 5) is 25.6. The molecule has 0 saturated heterocycles. The van der Waals surface area contributed by atoms with E-state index in [-0.39, 0.29) is 58.6 Å². The van der Waals surface area contributed by atoms with Crippen molar-refractivity contribution in [2.75, 3.05) is 0 Å². The van der Waals surface area contributed by atoms with Crippen LogP contribution in [-0.4, -0.2) is 25.8 Å². The van der Waals surface area contributed by atoms with E-state index in [4.69, 9.17) is 19.2 Å². The molecule has 0 bridgehead atoms. The maximum atomic E-state index is 8.55. The van der Waals surface area contributed by atoms with Crippen LogP contribution in [0.2, 0.25) is 0 Å². The van der Waals surface area contributed by atoms with Crippen LogP contribution in [0, 0.1) is 0 Å². The van der Waals surface area contributed by atoms with Gasteiger partial charge in [0.25, 0.3) is 0 Å². The summed E-state index contributed by atoms with van der Waals surface area (Å²) in [7, 11) is -5.39. The van der Waals surface area contributed by atoms with Gasteiger partial charge < -0.3 is 19.2 Å². The summed E-state index contributed by atoms with van der Waals surface area (Å²) in [5.41, 5.74) is 0. The van der Waals surface area contributed by atoms with E-state index in [2.05, 4.69) is 0 Å². The standard InChI is InChI=1S/In.H3O4P.Y/c;1-5(2,3)4;/h;(H3,1,2,3,4);/q+3;;+3/p-3. The van der Waals surface area contributed by atoms with E-state index in [1.807, 2.05) is 0 Å². The molecule has 0 aliphatic rings. The summed E-state index contributed by atoms with van der Waals surface area (Å²) in [5, 5.41) is 0. The number of hydrogen-bond donors (Lipinski definition) is 0. The van der Waals surface area contributed by atoms with Crippen molar-refractivity contribution in [1.29, 1.82) is 0 Å². The molecular weight excluding hydrogens is 299 g/mol. The van der Waals surface area contributed by atoms with Crippen LogP contribution in [0.5, 0.6) is 0 Å². The Morgan fingerprint density at radius 2 is 1.14 bits per heavy atom. The maximum absolute atomic E-state index is 8.55. The third-order valence-corrected chi connectivity index (χ3v) is 0. The molecule has 0 aliphatic heterocycles. The molecule has 0 fully saturated rings. The first-order valence-electron chi connectivity index (χ1n) is 0.730. The van der Waals surface area contributed by atoms with Crippen molar-refractivity contribution in [3.63, 3.8) is 0 Å². The van der Waals surface area contributed by atoms with Gasteiger partial charge in [-0.3, -0.25) is 0 Å². The van der Waals surface area contributed by atoms with Crippen LogP contribution in [0.4, 0.5) is 0 Å². The Kier molecular flexibility index (Phi) is 14.2. The van der Waals surface area contributed by atoms with Crippen molar-refractivity contribution in [2.45, 2.75) is 0 Å². The van der Waals surface area contributed by atoms with Crippen molar-refractivity contribution in [3.05, 3.63) is 0 Å². The molecule has 32 valence electrons. The molecule has 0 atom stereocenters. The summed E-state index contributed by atoms with van der Waals surface area (Å²) in [6.45, 7) is 0. The van der Waals surface area contributed by atoms with Gasteiger partial charge in [0.05, 0.1) is 0 Å². The molecule has 7 heteroatoms. The molecule has 0 aromatic rings. The number of rotatable bonds is 0. The molecule has 0 aliphatic carbocycles. The van der Waals surface area contributed by atoms with E-state index >= 15 is 0 Å². The molecule has 0 radical (unpaired) electrons. The van der Waals surface area contributed by atoms with Crippen LogP contribution in [0.15, 0.2) is 0 Å². The van der Waals surface area contributed by atoms with Gasteiger partial charge in [-0.25, -0.2) is 0 Å². The molecule has 0 rings (SSSR count). The molecule has 0 heterocycles. The monoisotopic (exact) mass is 299 g/mol. The first-order valence-corrected chi connectivity index (χ1v) is 2.19. The van der Waals surface area contributed by atoms with Gasteiger partial charge in [0.1, 0.15) is 0 Å². The number of phosphoric acid groups is 1. The van der Waals surface area contributed by atoms with Gasteiger partial charge in [0, 0.05) is 0 Å². The van der Waals surface area contributed by atoms with E-state index < -0.39 is 7.82 Å². The molecule has 0 saturated carbocycles. The first kappa shape index (κ1) is 16.0. The van der Waals surface area contributed by atoms with Crippen LogP contribution in [-0.2, 0) is 37.3 Å². The summed E-state index contributed by atoms with van der Waals surface area (Å²) in [6.07, 6.45) is 0. The minimum absolute atomic E-state index is 0. The quantitative estimate of drug-likeness (QED) is 0.441. The Bertz CT molecular complexity index is 57.8. The van der Waals surface area contributed by atoms with Gasteiger partial charge in [-0.05, 0) is 0 Å². The Morgan fingerprint density at radius 3 is 1.14 bits per heavy atom. The van der Waals surface area contributed by atoms with Gasteiger partial charge >= 0.3 is 58.6 Å². The SMILES string of the molecule is O=P([O-])([O-])[O-].[In+3].[Y+3]. The van der Waals surface area contributed by atoms with Crippen molar-refractivity contribution in [3.8, 4) is 0 Å². The van der Waals surface area contributed by atoms with Gasteiger partial charge in [-0.15, -0.1) is 0 Å². The second kappa shape index (κ2) is 6.21. The smallest absolute Gasteiger partial charge is 0.822 e. The first-order chi connectivity index (χ1) is 2.00. The van der Waals surface area contributed by atoms with Crippen molar-refractivity contribution in [1.82, 2.24) is 0 Å². The molecular formula is InO4PY+3. The Morgan fingerprint density at radius 1 is 1.14 bits per heavy atom. The molecule has 0 unspecified atom stereocenters. The Balaban J connectivity index is -0.0000000800. The Hall–Kier alpha value is 2.08. The molecule has 7 heavy (non-hydrogen) atoms. The maximum Gasteiger partial charge on any atom is 3.00 e. The fraction of sp³-hybridized carbons (Fsp3) is 0. The second-order valence-corrected chi connectivity index (χ2v) is 1.34. The summed E-state index contributed by atoms with van der Waals surface area (Å²) < 4.78 is 8.55. The topological polar surface area (TPSA) is 86.2 Å². The third-order valence-electron chi connectivity index (χ3n) is 0. The zero-order chi connectivity index (χ0) is 4.50. The summed E-state index contributed by atoms with van der Waals surface area (Å²) in [5.74, 6) is 0.